The molecule has 0 radical (unpaired) electrons. The Morgan fingerprint density at radius 3 is 2.85 bits per heavy atom. The molecule has 8 heteroatoms. The Morgan fingerprint density at radius 1 is 1.50 bits per heavy atom. The van der Waals surface area contributed by atoms with Crippen LogP contribution in [0.15, 0.2) is 22.7 Å². The number of hydrogen-bond donors (Lipinski definition) is 1. The van der Waals surface area contributed by atoms with Crippen LogP contribution in [0.4, 0.5) is 0 Å². The van der Waals surface area contributed by atoms with Crippen molar-refractivity contribution in [1.82, 2.24) is 5.32 Å². The van der Waals surface area contributed by atoms with Gasteiger partial charge in [0.1, 0.15) is 5.75 Å². The van der Waals surface area contributed by atoms with Crippen molar-refractivity contribution in [2.75, 3.05) is 18.1 Å². The molecule has 1 atom stereocenters. The maximum Gasteiger partial charge on any atom is 0.258 e. The minimum absolute atomic E-state index is 0.00220. The van der Waals surface area contributed by atoms with E-state index in [9.17, 15) is 13.2 Å². The van der Waals surface area contributed by atoms with E-state index in [1.165, 1.54) is 0 Å². The number of rotatable bonds is 4. The number of amides is 1. The molecule has 1 saturated heterocycles. The summed E-state index contributed by atoms with van der Waals surface area (Å²) in [7, 11) is -3.00. The number of halogens is 2. The van der Waals surface area contributed by atoms with Crippen LogP contribution >= 0.6 is 27.5 Å². The average molecular weight is 383 g/mol. The molecule has 0 saturated carbocycles. The first-order valence-corrected chi connectivity index (χ1v) is 8.92. The second kappa shape index (κ2) is 6.32. The fraction of sp³-hybridized carbons (Fsp3) is 0.417. The van der Waals surface area contributed by atoms with Crippen LogP contribution in [-0.4, -0.2) is 38.5 Å². The number of hydrogen-bond acceptors (Lipinski definition) is 4. The lowest BCUT2D eigenvalue weighted by atomic mass is 10.2. The maximum atomic E-state index is 11.7. The Bertz CT molecular complexity index is 620. The fourth-order valence-electron chi connectivity index (χ4n) is 1.91. The van der Waals surface area contributed by atoms with Crippen molar-refractivity contribution in [3.05, 3.63) is 27.7 Å². The van der Waals surface area contributed by atoms with Crippen molar-refractivity contribution in [3.63, 3.8) is 0 Å². The van der Waals surface area contributed by atoms with Gasteiger partial charge in [0.25, 0.3) is 5.91 Å². The number of sulfone groups is 1. The third-order valence-electron chi connectivity index (χ3n) is 2.85. The first-order valence-electron chi connectivity index (χ1n) is 5.93. The molecule has 1 aliphatic rings. The molecular weight excluding hydrogens is 370 g/mol. The van der Waals surface area contributed by atoms with Gasteiger partial charge in [0.2, 0.25) is 0 Å². The molecule has 110 valence electrons. The van der Waals surface area contributed by atoms with Gasteiger partial charge in [-0.3, -0.25) is 4.79 Å². The molecule has 1 aromatic carbocycles. The summed E-state index contributed by atoms with van der Waals surface area (Å²) in [5, 5.41) is 3.04. The highest BCUT2D eigenvalue weighted by Crippen LogP contribution is 2.27. The standard InChI is InChI=1S/C12H13BrClNO4S/c13-8-1-2-11(10(14)5-8)19-6-12(16)15-9-3-4-20(17,18)7-9/h1-2,5,9H,3-4,6-7H2,(H,15,16)/t9-/m1/s1. The number of nitrogens with one attached hydrogen (secondary N) is 1. The summed E-state index contributed by atoms with van der Waals surface area (Å²) in [6.45, 7) is -0.197. The minimum Gasteiger partial charge on any atom is -0.482 e. The third-order valence-corrected chi connectivity index (χ3v) is 5.41. The smallest absolute Gasteiger partial charge is 0.258 e. The van der Waals surface area contributed by atoms with Gasteiger partial charge in [-0.2, -0.15) is 0 Å². The van der Waals surface area contributed by atoms with Crippen molar-refractivity contribution in [2.45, 2.75) is 12.5 Å². The van der Waals surface area contributed by atoms with E-state index in [0.717, 1.165) is 4.47 Å². The molecule has 0 aliphatic carbocycles. The molecule has 0 unspecified atom stereocenters. The zero-order valence-electron chi connectivity index (χ0n) is 10.4. The second-order valence-electron chi connectivity index (χ2n) is 4.53. The molecule has 20 heavy (non-hydrogen) atoms. The zero-order chi connectivity index (χ0) is 14.8. The normalized spacial score (nSPS) is 20.6. The molecule has 2 rings (SSSR count). The molecule has 0 aromatic heterocycles. The quantitative estimate of drug-likeness (QED) is 0.861. The highest BCUT2D eigenvalue weighted by Gasteiger charge is 2.28. The van der Waals surface area contributed by atoms with E-state index in [4.69, 9.17) is 16.3 Å². The van der Waals surface area contributed by atoms with Gasteiger partial charge in [-0.15, -0.1) is 0 Å². The first kappa shape index (κ1) is 15.6. The van der Waals surface area contributed by atoms with Gasteiger partial charge in [0.05, 0.1) is 16.5 Å². The topological polar surface area (TPSA) is 72.5 Å². The van der Waals surface area contributed by atoms with Crippen LogP contribution in [0.2, 0.25) is 5.02 Å². The summed E-state index contributed by atoms with van der Waals surface area (Å²) in [4.78, 5) is 11.7. The van der Waals surface area contributed by atoms with E-state index in [1.54, 1.807) is 18.2 Å². The van der Waals surface area contributed by atoms with E-state index in [2.05, 4.69) is 21.2 Å². The van der Waals surface area contributed by atoms with Gasteiger partial charge >= 0.3 is 0 Å². The lowest BCUT2D eigenvalue weighted by molar-refractivity contribution is -0.123. The van der Waals surface area contributed by atoms with Crippen LogP contribution in [0.25, 0.3) is 0 Å². The minimum atomic E-state index is -3.00. The molecule has 1 aliphatic heterocycles. The van der Waals surface area contributed by atoms with E-state index in [1.807, 2.05) is 0 Å². The molecule has 0 spiro atoms. The van der Waals surface area contributed by atoms with Crippen LogP contribution < -0.4 is 10.1 Å². The number of carbonyl (C=O) groups is 1. The van der Waals surface area contributed by atoms with Gasteiger partial charge in [0, 0.05) is 10.5 Å². The largest absolute Gasteiger partial charge is 0.482 e. The van der Waals surface area contributed by atoms with E-state index >= 15 is 0 Å². The van der Waals surface area contributed by atoms with E-state index < -0.39 is 9.84 Å². The average Bonchev–Trinajstić information content (AvgIpc) is 2.67. The van der Waals surface area contributed by atoms with Crippen LogP contribution in [-0.2, 0) is 14.6 Å². The SMILES string of the molecule is O=C(COc1ccc(Br)cc1Cl)N[C@@H]1CCS(=O)(=O)C1. The molecule has 1 amide bonds. The van der Waals surface area contributed by atoms with Crippen molar-refractivity contribution in [3.8, 4) is 5.75 Å². The summed E-state index contributed by atoms with van der Waals surface area (Å²) in [6, 6.07) is 4.75. The van der Waals surface area contributed by atoms with Crippen LogP contribution in [0.3, 0.4) is 0 Å². The Labute approximate surface area is 130 Å². The van der Waals surface area contributed by atoms with Crippen molar-refractivity contribution in [1.29, 1.82) is 0 Å². The lowest BCUT2D eigenvalue weighted by Crippen LogP contribution is -2.38. The summed E-state index contributed by atoms with van der Waals surface area (Å²) in [5.74, 6) is 0.171. The Hall–Kier alpha value is -0.790. The fourth-order valence-corrected chi connectivity index (χ4v) is 4.32. The highest BCUT2D eigenvalue weighted by molar-refractivity contribution is 9.10. The molecule has 1 aromatic rings. The highest BCUT2D eigenvalue weighted by atomic mass is 79.9. The molecule has 1 N–H and O–H groups in total. The van der Waals surface area contributed by atoms with Crippen LogP contribution in [0, 0.1) is 0 Å². The predicted molar refractivity (Wildman–Crippen MR) is 79.8 cm³/mol. The Balaban J connectivity index is 1.84. The van der Waals surface area contributed by atoms with Gasteiger partial charge < -0.3 is 10.1 Å². The summed E-state index contributed by atoms with van der Waals surface area (Å²) in [5.41, 5.74) is 0. The lowest BCUT2D eigenvalue weighted by Gasteiger charge is -2.12. The van der Waals surface area contributed by atoms with Gasteiger partial charge in [-0.25, -0.2) is 8.42 Å². The molecule has 1 fully saturated rings. The van der Waals surface area contributed by atoms with E-state index in [0.29, 0.717) is 17.2 Å². The molecular formula is C12H13BrClNO4S. The van der Waals surface area contributed by atoms with Gasteiger partial charge in [-0.1, -0.05) is 27.5 Å². The van der Waals surface area contributed by atoms with Gasteiger partial charge in [-0.05, 0) is 24.6 Å². The van der Waals surface area contributed by atoms with E-state index in [-0.39, 0.29) is 30.1 Å². The summed E-state index contributed by atoms with van der Waals surface area (Å²) in [6.07, 6.45) is 0.452. The molecule has 1 heterocycles. The van der Waals surface area contributed by atoms with Crippen molar-refractivity contribution in [2.24, 2.45) is 0 Å². The van der Waals surface area contributed by atoms with Crippen molar-refractivity contribution < 1.29 is 17.9 Å². The Kier molecular flexibility index (Phi) is 4.93. The summed E-state index contributed by atoms with van der Waals surface area (Å²) < 4.78 is 28.7. The first-order chi connectivity index (χ1) is 9.35. The van der Waals surface area contributed by atoms with Crippen LogP contribution in [0.5, 0.6) is 5.75 Å². The second-order valence-corrected chi connectivity index (χ2v) is 8.08. The van der Waals surface area contributed by atoms with Crippen LogP contribution in [0.1, 0.15) is 6.42 Å². The molecule has 5 nitrogen and oxygen atoms in total. The zero-order valence-corrected chi connectivity index (χ0v) is 13.6. The monoisotopic (exact) mass is 381 g/mol. The maximum absolute atomic E-state index is 11.7. The predicted octanol–water partition coefficient (Wildman–Crippen LogP) is 1.78. The number of ether oxygens (including phenoxy) is 1. The number of benzene rings is 1. The third kappa shape index (κ3) is 4.36. The summed E-state index contributed by atoms with van der Waals surface area (Å²) >= 11 is 9.22. The van der Waals surface area contributed by atoms with Crippen molar-refractivity contribution >= 4 is 43.3 Å². The number of carbonyl (C=O) groups excluding carboxylic acids is 1. The van der Waals surface area contributed by atoms with Gasteiger partial charge in [0.15, 0.2) is 16.4 Å². The Morgan fingerprint density at radius 2 is 2.25 bits per heavy atom. The molecule has 0 bridgehead atoms.